The minimum absolute atomic E-state index is 0.137. The SMILES string of the molecule is COc1ccc(S(=O)(=O)Nc2ccccc2SCc2cc(=O)n3cccc(C)c3n2)cc1. The van der Waals surface area contributed by atoms with Crippen molar-refractivity contribution in [1.29, 1.82) is 0 Å². The van der Waals surface area contributed by atoms with Gasteiger partial charge < -0.3 is 4.74 Å². The summed E-state index contributed by atoms with van der Waals surface area (Å²) in [6.45, 7) is 1.90. The number of rotatable bonds is 7. The van der Waals surface area contributed by atoms with Crippen LogP contribution in [0.15, 0.2) is 87.5 Å². The third kappa shape index (κ3) is 4.63. The molecule has 0 fully saturated rings. The van der Waals surface area contributed by atoms with Gasteiger partial charge in [-0.1, -0.05) is 18.2 Å². The Labute approximate surface area is 190 Å². The number of hydrogen-bond acceptors (Lipinski definition) is 6. The van der Waals surface area contributed by atoms with Crippen LogP contribution in [0.5, 0.6) is 5.75 Å². The summed E-state index contributed by atoms with van der Waals surface area (Å²) >= 11 is 1.41. The van der Waals surface area contributed by atoms with Gasteiger partial charge in [-0.3, -0.25) is 13.9 Å². The van der Waals surface area contributed by atoms with E-state index in [1.165, 1.54) is 41.5 Å². The lowest BCUT2D eigenvalue weighted by atomic mass is 10.3. The minimum Gasteiger partial charge on any atom is -0.497 e. The van der Waals surface area contributed by atoms with E-state index in [2.05, 4.69) is 9.71 Å². The fourth-order valence-electron chi connectivity index (χ4n) is 3.17. The largest absolute Gasteiger partial charge is 0.497 e. The standard InChI is InChI=1S/C23H21N3O4S2/c1-16-6-5-13-26-22(27)14-17(24-23(16)26)15-31-21-8-4-3-7-20(21)25-32(28,29)19-11-9-18(30-2)10-12-19/h3-14,25H,15H2,1-2H3. The van der Waals surface area contributed by atoms with Crippen LogP contribution >= 0.6 is 11.8 Å². The molecule has 0 spiro atoms. The zero-order valence-electron chi connectivity index (χ0n) is 17.5. The molecule has 2 aromatic heterocycles. The van der Waals surface area contributed by atoms with Gasteiger partial charge in [-0.25, -0.2) is 13.4 Å². The number of methoxy groups -OCH3 is 1. The van der Waals surface area contributed by atoms with E-state index in [9.17, 15) is 13.2 Å². The number of anilines is 1. The van der Waals surface area contributed by atoms with Crippen LogP contribution in [0.2, 0.25) is 0 Å². The maximum absolute atomic E-state index is 12.8. The van der Waals surface area contributed by atoms with Gasteiger partial charge >= 0.3 is 0 Å². The first kappa shape index (κ1) is 21.9. The first-order valence-electron chi connectivity index (χ1n) is 9.74. The number of ether oxygens (including phenoxy) is 1. The summed E-state index contributed by atoms with van der Waals surface area (Å²) in [7, 11) is -2.25. The van der Waals surface area contributed by atoms with Gasteiger partial charge in [0.1, 0.15) is 11.4 Å². The number of thioether (sulfide) groups is 1. The topological polar surface area (TPSA) is 89.8 Å². The van der Waals surface area contributed by atoms with Gasteiger partial charge in [0.05, 0.1) is 23.4 Å². The van der Waals surface area contributed by atoms with Crippen LogP contribution in [-0.2, 0) is 15.8 Å². The van der Waals surface area contributed by atoms with Crippen molar-refractivity contribution in [2.45, 2.75) is 22.5 Å². The molecule has 0 bridgehead atoms. The predicted molar refractivity (Wildman–Crippen MR) is 126 cm³/mol. The summed E-state index contributed by atoms with van der Waals surface area (Å²) in [5.74, 6) is 0.996. The van der Waals surface area contributed by atoms with E-state index >= 15 is 0 Å². The molecule has 2 heterocycles. The van der Waals surface area contributed by atoms with Gasteiger partial charge in [-0.2, -0.15) is 0 Å². The first-order valence-corrected chi connectivity index (χ1v) is 12.2. The molecule has 4 aromatic rings. The number of hydrogen-bond donors (Lipinski definition) is 1. The predicted octanol–water partition coefficient (Wildman–Crippen LogP) is 4.10. The lowest BCUT2D eigenvalue weighted by Crippen LogP contribution is -2.16. The van der Waals surface area contributed by atoms with Crippen LogP contribution in [0, 0.1) is 6.92 Å². The number of aromatic nitrogens is 2. The Morgan fingerprint density at radius 3 is 2.56 bits per heavy atom. The van der Waals surface area contributed by atoms with Crippen molar-refractivity contribution in [3.63, 3.8) is 0 Å². The average molecular weight is 468 g/mol. The van der Waals surface area contributed by atoms with Crippen LogP contribution in [0.25, 0.3) is 5.65 Å². The number of para-hydroxylation sites is 1. The molecule has 0 saturated carbocycles. The first-order chi connectivity index (χ1) is 15.4. The molecule has 0 atom stereocenters. The second kappa shape index (κ2) is 9.05. The molecule has 9 heteroatoms. The molecule has 4 rings (SSSR count). The molecule has 2 aromatic carbocycles. The Bertz CT molecular complexity index is 1430. The van der Waals surface area contributed by atoms with E-state index in [0.717, 1.165) is 10.5 Å². The second-order valence-electron chi connectivity index (χ2n) is 7.04. The summed E-state index contributed by atoms with van der Waals surface area (Å²) in [4.78, 5) is 17.9. The van der Waals surface area contributed by atoms with E-state index < -0.39 is 10.0 Å². The van der Waals surface area contributed by atoms with Gasteiger partial charge in [0.25, 0.3) is 15.6 Å². The quantitative estimate of drug-likeness (QED) is 0.412. The van der Waals surface area contributed by atoms with Crippen molar-refractivity contribution in [2.24, 2.45) is 0 Å². The molecular weight excluding hydrogens is 446 g/mol. The zero-order valence-corrected chi connectivity index (χ0v) is 19.1. The van der Waals surface area contributed by atoms with E-state index in [0.29, 0.717) is 28.5 Å². The Morgan fingerprint density at radius 2 is 1.81 bits per heavy atom. The number of fused-ring (bicyclic) bond motifs is 1. The van der Waals surface area contributed by atoms with Crippen molar-refractivity contribution in [3.8, 4) is 5.75 Å². The third-order valence-corrected chi connectivity index (χ3v) is 7.30. The van der Waals surface area contributed by atoms with E-state index in [1.54, 1.807) is 30.5 Å². The maximum atomic E-state index is 12.8. The molecule has 7 nitrogen and oxygen atoms in total. The average Bonchev–Trinajstić information content (AvgIpc) is 2.79. The Morgan fingerprint density at radius 1 is 1.06 bits per heavy atom. The van der Waals surface area contributed by atoms with Crippen molar-refractivity contribution in [1.82, 2.24) is 9.38 Å². The van der Waals surface area contributed by atoms with Crippen LogP contribution in [-0.4, -0.2) is 24.9 Å². The smallest absolute Gasteiger partial charge is 0.261 e. The third-order valence-electron chi connectivity index (χ3n) is 4.82. The highest BCUT2D eigenvalue weighted by molar-refractivity contribution is 7.98. The maximum Gasteiger partial charge on any atom is 0.261 e. The summed E-state index contributed by atoms with van der Waals surface area (Å²) in [5.41, 5.74) is 2.46. The highest BCUT2D eigenvalue weighted by Gasteiger charge is 2.16. The Balaban J connectivity index is 1.57. The zero-order chi connectivity index (χ0) is 22.7. The summed E-state index contributed by atoms with van der Waals surface area (Å²) in [5, 5.41) is 0. The van der Waals surface area contributed by atoms with Crippen LogP contribution < -0.4 is 15.0 Å². The lowest BCUT2D eigenvalue weighted by molar-refractivity contribution is 0.414. The number of sulfonamides is 1. The van der Waals surface area contributed by atoms with Gasteiger partial charge in [-0.15, -0.1) is 11.8 Å². The van der Waals surface area contributed by atoms with E-state index in [4.69, 9.17) is 4.74 Å². The van der Waals surface area contributed by atoms with Crippen LogP contribution in [0.4, 0.5) is 5.69 Å². The van der Waals surface area contributed by atoms with Gasteiger partial charge in [0, 0.05) is 22.9 Å². The van der Waals surface area contributed by atoms with Crippen molar-refractivity contribution >= 4 is 33.1 Å². The highest BCUT2D eigenvalue weighted by Crippen LogP contribution is 2.31. The fourth-order valence-corrected chi connectivity index (χ4v) is 5.21. The van der Waals surface area contributed by atoms with E-state index in [-0.39, 0.29) is 10.5 Å². The number of pyridine rings is 1. The van der Waals surface area contributed by atoms with Gasteiger partial charge in [0.15, 0.2) is 0 Å². The molecule has 0 aliphatic heterocycles. The minimum atomic E-state index is -3.77. The monoisotopic (exact) mass is 467 g/mol. The highest BCUT2D eigenvalue weighted by atomic mass is 32.2. The van der Waals surface area contributed by atoms with E-state index in [1.807, 2.05) is 31.2 Å². The summed E-state index contributed by atoms with van der Waals surface area (Å²) < 4.78 is 34.9. The Hall–Kier alpha value is -3.30. The van der Waals surface area contributed by atoms with Crippen molar-refractivity contribution < 1.29 is 13.2 Å². The molecule has 0 saturated heterocycles. The summed E-state index contributed by atoms with van der Waals surface area (Å²) in [6, 6.07) is 18.5. The molecule has 32 heavy (non-hydrogen) atoms. The molecule has 164 valence electrons. The molecular formula is C23H21N3O4S2. The summed E-state index contributed by atoms with van der Waals surface area (Å²) in [6.07, 6.45) is 1.69. The second-order valence-corrected chi connectivity index (χ2v) is 9.74. The fraction of sp³-hybridized carbons (Fsp3) is 0.130. The molecule has 0 radical (unpaired) electrons. The molecule has 0 aliphatic rings. The van der Waals surface area contributed by atoms with Crippen molar-refractivity contribution in [3.05, 3.63) is 94.5 Å². The number of nitrogens with one attached hydrogen (secondary N) is 1. The van der Waals surface area contributed by atoms with Crippen molar-refractivity contribution in [2.75, 3.05) is 11.8 Å². The number of aryl methyl sites for hydroxylation is 1. The number of nitrogens with zero attached hydrogens (tertiary/aromatic N) is 2. The van der Waals surface area contributed by atoms with Gasteiger partial charge in [-0.05, 0) is 55.0 Å². The molecule has 0 unspecified atom stereocenters. The van der Waals surface area contributed by atoms with Crippen LogP contribution in [0.1, 0.15) is 11.3 Å². The number of benzene rings is 2. The van der Waals surface area contributed by atoms with Crippen LogP contribution in [0.3, 0.4) is 0 Å². The molecule has 0 aliphatic carbocycles. The Kier molecular flexibility index (Phi) is 6.20. The normalized spacial score (nSPS) is 11.4. The lowest BCUT2D eigenvalue weighted by Gasteiger charge is -2.13. The van der Waals surface area contributed by atoms with Gasteiger partial charge in [0.2, 0.25) is 0 Å². The molecule has 1 N–H and O–H groups in total. The molecule has 0 amide bonds.